The topological polar surface area (TPSA) is 32.8 Å². The normalized spacial score (nSPS) is 15.2. The van der Waals surface area contributed by atoms with Crippen molar-refractivity contribution in [2.45, 2.75) is 6.54 Å². The van der Waals surface area contributed by atoms with Crippen LogP contribution < -0.4 is 4.74 Å². The molecule has 0 aromatic heterocycles. The average molecular weight is 442 g/mol. The van der Waals surface area contributed by atoms with Crippen LogP contribution in [-0.2, 0) is 6.54 Å². The fraction of sp³-hybridized carbons (Fsp3) is 0.316. The number of hydrogen-bond donors (Lipinski definition) is 0. The zero-order chi connectivity index (χ0) is 18.7. The first kappa shape index (κ1) is 19.1. The van der Waals surface area contributed by atoms with Crippen LogP contribution in [0.4, 0.5) is 4.39 Å². The number of nitrogens with zero attached hydrogens (tertiary/aromatic N) is 2. The van der Waals surface area contributed by atoms with Crippen LogP contribution in [0.15, 0.2) is 40.9 Å². The molecule has 138 valence electrons. The lowest BCUT2D eigenvalue weighted by Crippen LogP contribution is -2.48. The molecule has 0 spiro atoms. The molecule has 0 N–H and O–H groups in total. The average Bonchev–Trinajstić information content (AvgIpc) is 2.62. The van der Waals surface area contributed by atoms with Crippen LogP contribution in [0.5, 0.6) is 5.75 Å². The largest absolute Gasteiger partial charge is 0.496 e. The van der Waals surface area contributed by atoms with E-state index in [9.17, 15) is 9.18 Å². The first-order valence-electron chi connectivity index (χ1n) is 8.27. The minimum Gasteiger partial charge on any atom is -0.496 e. The Hall–Kier alpha value is -1.63. The van der Waals surface area contributed by atoms with Crippen molar-refractivity contribution in [3.63, 3.8) is 0 Å². The van der Waals surface area contributed by atoms with Gasteiger partial charge in [0.15, 0.2) is 0 Å². The molecule has 1 heterocycles. The van der Waals surface area contributed by atoms with Crippen LogP contribution >= 0.6 is 27.5 Å². The number of hydrogen-bond acceptors (Lipinski definition) is 3. The molecule has 1 saturated heterocycles. The molecule has 2 aromatic carbocycles. The van der Waals surface area contributed by atoms with Gasteiger partial charge in [-0.15, -0.1) is 0 Å². The van der Waals surface area contributed by atoms with Crippen LogP contribution in [0.2, 0.25) is 5.02 Å². The minimum absolute atomic E-state index is 0.0644. The Morgan fingerprint density at radius 2 is 1.92 bits per heavy atom. The fourth-order valence-corrected chi connectivity index (χ4v) is 3.81. The molecule has 1 aliphatic rings. The third-order valence-corrected chi connectivity index (χ3v) is 5.26. The highest BCUT2D eigenvalue weighted by molar-refractivity contribution is 9.10. The second kappa shape index (κ2) is 8.37. The summed E-state index contributed by atoms with van der Waals surface area (Å²) in [5, 5.41) is 0.441. The summed E-state index contributed by atoms with van der Waals surface area (Å²) >= 11 is 9.54. The number of methoxy groups -OCH3 is 1. The van der Waals surface area contributed by atoms with E-state index < -0.39 is 0 Å². The zero-order valence-electron chi connectivity index (χ0n) is 14.3. The van der Waals surface area contributed by atoms with Crippen LogP contribution in [0.3, 0.4) is 0 Å². The van der Waals surface area contributed by atoms with Crippen molar-refractivity contribution in [3.8, 4) is 5.75 Å². The summed E-state index contributed by atoms with van der Waals surface area (Å²) in [4.78, 5) is 16.7. The van der Waals surface area contributed by atoms with Crippen LogP contribution in [0.25, 0.3) is 0 Å². The molecule has 1 fully saturated rings. The molecule has 1 aliphatic heterocycles. The van der Waals surface area contributed by atoms with Crippen molar-refractivity contribution in [1.29, 1.82) is 0 Å². The van der Waals surface area contributed by atoms with Gasteiger partial charge in [-0.3, -0.25) is 9.69 Å². The predicted octanol–water partition coefficient (Wildman–Crippen LogP) is 4.21. The number of piperazine rings is 1. The highest BCUT2D eigenvalue weighted by atomic mass is 79.9. The van der Waals surface area contributed by atoms with Crippen molar-refractivity contribution in [2.24, 2.45) is 0 Å². The lowest BCUT2D eigenvalue weighted by Gasteiger charge is -2.35. The molecule has 7 heteroatoms. The lowest BCUT2D eigenvalue weighted by atomic mass is 10.1. The van der Waals surface area contributed by atoms with Gasteiger partial charge in [0.1, 0.15) is 11.6 Å². The number of amides is 1. The van der Waals surface area contributed by atoms with Crippen molar-refractivity contribution in [3.05, 3.63) is 62.8 Å². The summed E-state index contributed by atoms with van der Waals surface area (Å²) in [5.41, 5.74) is 1.32. The SMILES string of the molecule is COc1ccc(F)cc1CN1CCN(C(=O)c2ccc(Br)cc2Cl)CC1. The van der Waals surface area contributed by atoms with Gasteiger partial charge in [0.2, 0.25) is 0 Å². The first-order valence-corrected chi connectivity index (χ1v) is 9.44. The van der Waals surface area contributed by atoms with Gasteiger partial charge in [0.25, 0.3) is 5.91 Å². The summed E-state index contributed by atoms with van der Waals surface area (Å²) in [7, 11) is 1.58. The monoisotopic (exact) mass is 440 g/mol. The molecule has 3 rings (SSSR count). The van der Waals surface area contributed by atoms with Gasteiger partial charge in [-0.1, -0.05) is 27.5 Å². The van der Waals surface area contributed by atoms with Gasteiger partial charge >= 0.3 is 0 Å². The van der Waals surface area contributed by atoms with E-state index in [1.54, 1.807) is 30.2 Å². The number of carbonyl (C=O) groups is 1. The summed E-state index contributed by atoms with van der Waals surface area (Å²) in [6, 6.07) is 9.80. The molecule has 2 aromatic rings. The Bertz CT molecular complexity index is 810. The number of rotatable bonds is 4. The van der Waals surface area contributed by atoms with Crippen molar-refractivity contribution in [1.82, 2.24) is 9.80 Å². The predicted molar refractivity (Wildman–Crippen MR) is 103 cm³/mol. The third kappa shape index (κ3) is 4.37. The van der Waals surface area contributed by atoms with Crippen molar-refractivity contribution in [2.75, 3.05) is 33.3 Å². The molecular formula is C19H19BrClFN2O2. The Kier molecular flexibility index (Phi) is 6.16. The van der Waals surface area contributed by atoms with Crippen molar-refractivity contribution < 1.29 is 13.9 Å². The lowest BCUT2D eigenvalue weighted by molar-refractivity contribution is 0.0627. The van der Waals surface area contributed by atoms with E-state index in [1.807, 2.05) is 6.07 Å². The van der Waals surface area contributed by atoms with Gasteiger partial charge in [-0.25, -0.2) is 4.39 Å². The summed E-state index contributed by atoms with van der Waals surface area (Å²) in [6.07, 6.45) is 0. The zero-order valence-corrected chi connectivity index (χ0v) is 16.7. The van der Waals surface area contributed by atoms with Crippen molar-refractivity contribution >= 4 is 33.4 Å². The highest BCUT2D eigenvalue weighted by Crippen LogP contribution is 2.24. The highest BCUT2D eigenvalue weighted by Gasteiger charge is 2.24. The summed E-state index contributed by atoms with van der Waals surface area (Å²) in [5.74, 6) is 0.330. The van der Waals surface area contributed by atoms with E-state index >= 15 is 0 Å². The molecule has 0 bridgehead atoms. The molecule has 4 nitrogen and oxygen atoms in total. The Morgan fingerprint density at radius 3 is 2.58 bits per heavy atom. The molecule has 0 unspecified atom stereocenters. The van der Waals surface area contributed by atoms with E-state index in [0.29, 0.717) is 49.1 Å². The molecular weight excluding hydrogens is 423 g/mol. The molecule has 0 saturated carbocycles. The molecule has 0 radical (unpaired) electrons. The molecule has 0 atom stereocenters. The minimum atomic E-state index is -0.278. The Labute approximate surface area is 165 Å². The van der Waals surface area contributed by atoms with Gasteiger partial charge < -0.3 is 9.64 Å². The maximum atomic E-state index is 13.5. The van der Waals surface area contributed by atoms with Gasteiger partial charge in [0, 0.05) is 42.8 Å². The quantitative estimate of drug-likeness (QED) is 0.713. The number of halogens is 3. The first-order chi connectivity index (χ1) is 12.5. The van der Waals surface area contributed by atoms with Crippen LogP contribution in [-0.4, -0.2) is 49.0 Å². The summed E-state index contributed by atoms with van der Waals surface area (Å²) in [6.45, 7) is 3.20. The van der Waals surface area contributed by atoms with Gasteiger partial charge in [-0.2, -0.15) is 0 Å². The molecule has 1 amide bonds. The third-order valence-electron chi connectivity index (χ3n) is 4.46. The smallest absolute Gasteiger partial charge is 0.255 e. The maximum absolute atomic E-state index is 13.5. The van der Waals surface area contributed by atoms with Gasteiger partial charge in [-0.05, 0) is 36.4 Å². The van der Waals surface area contributed by atoms with Crippen LogP contribution in [0.1, 0.15) is 15.9 Å². The van der Waals surface area contributed by atoms with E-state index in [4.69, 9.17) is 16.3 Å². The molecule has 0 aliphatic carbocycles. The number of carbonyl (C=O) groups excluding carboxylic acids is 1. The number of benzene rings is 2. The van der Waals surface area contributed by atoms with Crippen LogP contribution in [0, 0.1) is 5.82 Å². The van der Waals surface area contributed by atoms with E-state index in [2.05, 4.69) is 20.8 Å². The number of ether oxygens (including phenoxy) is 1. The maximum Gasteiger partial charge on any atom is 0.255 e. The van der Waals surface area contributed by atoms with Gasteiger partial charge in [0.05, 0.1) is 17.7 Å². The summed E-state index contributed by atoms with van der Waals surface area (Å²) < 4.78 is 19.7. The fourth-order valence-electron chi connectivity index (χ4n) is 3.05. The van der Waals surface area contributed by atoms with E-state index in [0.717, 1.165) is 10.0 Å². The second-order valence-electron chi connectivity index (χ2n) is 6.15. The Balaban J connectivity index is 1.62. The Morgan fingerprint density at radius 1 is 1.19 bits per heavy atom. The van der Waals surface area contributed by atoms with E-state index in [1.165, 1.54) is 12.1 Å². The second-order valence-corrected chi connectivity index (χ2v) is 7.47. The standard InChI is InChI=1S/C19H19BrClFN2O2/c1-26-18-5-3-15(22)10-13(18)12-23-6-8-24(9-7-23)19(25)16-4-2-14(20)11-17(16)21/h2-5,10-11H,6-9,12H2,1H3. The van der Waals surface area contributed by atoms with E-state index in [-0.39, 0.29) is 11.7 Å². The molecule has 26 heavy (non-hydrogen) atoms.